The molecule has 1 atom stereocenters. The lowest BCUT2D eigenvalue weighted by Gasteiger charge is -2.23. The van der Waals surface area contributed by atoms with Gasteiger partial charge >= 0.3 is 0 Å². The molecule has 0 N–H and O–H groups in total. The number of anilines is 1. The monoisotopic (exact) mass is 278 g/mol. The third kappa shape index (κ3) is 2.56. The molecule has 0 spiro atoms. The highest BCUT2D eigenvalue weighted by Crippen LogP contribution is 2.35. The van der Waals surface area contributed by atoms with Crippen molar-refractivity contribution in [3.63, 3.8) is 0 Å². The molecule has 5 heteroatoms. The molecule has 2 amide bonds. The van der Waals surface area contributed by atoms with Gasteiger partial charge in [-0.25, -0.2) is 9.88 Å². The van der Waals surface area contributed by atoms with E-state index >= 15 is 0 Å². The van der Waals surface area contributed by atoms with Crippen LogP contribution in [0.5, 0.6) is 0 Å². The van der Waals surface area contributed by atoms with Gasteiger partial charge in [-0.05, 0) is 12.3 Å². The van der Waals surface area contributed by atoms with Crippen LogP contribution in [0.4, 0.5) is 5.13 Å². The minimum atomic E-state index is -0.112. The van der Waals surface area contributed by atoms with Crippen LogP contribution in [0.3, 0.4) is 0 Å². The van der Waals surface area contributed by atoms with Gasteiger partial charge in [0.25, 0.3) is 0 Å². The molecule has 0 radical (unpaired) electrons. The number of amides is 2. The Balaban J connectivity index is 1.68. The van der Waals surface area contributed by atoms with E-state index in [-0.39, 0.29) is 17.7 Å². The van der Waals surface area contributed by atoms with E-state index in [2.05, 4.69) is 4.98 Å². The van der Waals surface area contributed by atoms with Gasteiger partial charge in [0.15, 0.2) is 5.13 Å². The second-order valence-corrected chi connectivity index (χ2v) is 6.40. The molecule has 4 nitrogen and oxygen atoms in total. The predicted octanol–water partition coefficient (Wildman–Crippen LogP) is 2.99. The van der Waals surface area contributed by atoms with E-state index in [1.807, 2.05) is 0 Å². The summed E-state index contributed by atoms with van der Waals surface area (Å²) in [7, 11) is 0. The molecule has 1 saturated carbocycles. The predicted molar refractivity (Wildman–Crippen MR) is 73.9 cm³/mol. The second-order valence-electron chi connectivity index (χ2n) is 5.52. The van der Waals surface area contributed by atoms with Gasteiger partial charge in [-0.1, -0.05) is 32.1 Å². The van der Waals surface area contributed by atoms with Crippen LogP contribution in [0, 0.1) is 11.8 Å². The van der Waals surface area contributed by atoms with Crippen LogP contribution in [0.2, 0.25) is 0 Å². The smallest absolute Gasteiger partial charge is 0.239 e. The van der Waals surface area contributed by atoms with Gasteiger partial charge < -0.3 is 0 Å². The number of hydrogen-bond acceptors (Lipinski definition) is 4. The molecule has 1 unspecified atom stereocenters. The van der Waals surface area contributed by atoms with Crippen LogP contribution >= 0.6 is 11.3 Å². The number of rotatable bonds is 3. The Morgan fingerprint density at radius 2 is 2.05 bits per heavy atom. The quantitative estimate of drug-likeness (QED) is 0.799. The molecule has 1 saturated heterocycles. The van der Waals surface area contributed by atoms with E-state index < -0.39 is 0 Å². The highest BCUT2D eigenvalue weighted by atomic mass is 32.1. The van der Waals surface area contributed by atoms with E-state index in [0.717, 1.165) is 6.42 Å². The molecule has 102 valence electrons. The summed E-state index contributed by atoms with van der Waals surface area (Å²) in [6, 6.07) is 0. The maximum Gasteiger partial charge on any atom is 0.239 e. The summed E-state index contributed by atoms with van der Waals surface area (Å²) in [4.78, 5) is 29.7. The molecule has 1 aromatic rings. The number of imide groups is 1. The van der Waals surface area contributed by atoms with Gasteiger partial charge in [-0.3, -0.25) is 9.59 Å². The van der Waals surface area contributed by atoms with E-state index in [9.17, 15) is 9.59 Å². The molecule has 2 fully saturated rings. The number of thiazole rings is 1. The van der Waals surface area contributed by atoms with E-state index in [0.29, 0.717) is 17.5 Å². The Kier molecular flexibility index (Phi) is 3.64. The van der Waals surface area contributed by atoms with Gasteiger partial charge in [-0.15, -0.1) is 11.3 Å². The van der Waals surface area contributed by atoms with Crippen LogP contribution in [0.15, 0.2) is 11.6 Å². The van der Waals surface area contributed by atoms with Crippen molar-refractivity contribution in [1.82, 2.24) is 4.98 Å². The lowest BCUT2D eigenvalue weighted by molar-refractivity contribution is -0.122. The van der Waals surface area contributed by atoms with Gasteiger partial charge in [0.05, 0.1) is 0 Å². The van der Waals surface area contributed by atoms with Crippen molar-refractivity contribution in [1.29, 1.82) is 0 Å². The van der Waals surface area contributed by atoms with Crippen molar-refractivity contribution in [2.24, 2.45) is 11.8 Å². The van der Waals surface area contributed by atoms with Gasteiger partial charge in [0.2, 0.25) is 11.8 Å². The molecule has 2 heterocycles. The zero-order chi connectivity index (χ0) is 13.2. The molecule has 3 rings (SSSR count). The van der Waals surface area contributed by atoms with Crippen LogP contribution in [-0.2, 0) is 9.59 Å². The molecule has 1 aromatic heterocycles. The highest BCUT2D eigenvalue weighted by molar-refractivity contribution is 7.14. The third-order valence-electron chi connectivity index (χ3n) is 4.19. The number of aromatic nitrogens is 1. The van der Waals surface area contributed by atoms with Gasteiger partial charge in [0.1, 0.15) is 0 Å². The van der Waals surface area contributed by atoms with Crippen molar-refractivity contribution in [3.8, 4) is 0 Å². The Labute approximate surface area is 116 Å². The second kappa shape index (κ2) is 5.41. The first-order valence-corrected chi connectivity index (χ1v) is 7.90. The van der Waals surface area contributed by atoms with Gasteiger partial charge in [-0.2, -0.15) is 0 Å². The first-order valence-electron chi connectivity index (χ1n) is 7.02. The molecule has 2 aliphatic rings. The Morgan fingerprint density at radius 3 is 2.74 bits per heavy atom. The molecule has 1 aliphatic heterocycles. The van der Waals surface area contributed by atoms with Crippen LogP contribution in [0.25, 0.3) is 0 Å². The zero-order valence-electron chi connectivity index (χ0n) is 10.9. The fourth-order valence-electron chi connectivity index (χ4n) is 3.23. The lowest BCUT2D eigenvalue weighted by atomic mass is 9.82. The standard InChI is InChI=1S/C14H18N2O2S/c17-12-9-11(8-10-4-2-1-3-5-10)13(18)16(12)14-15-6-7-19-14/h6-7,10-11H,1-5,8-9H2. The highest BCUT2D eigenvalue weighted by Gasteiger charge is 2.41. The summed E-state index contributed by atoms with van der Waals surface area (Å²) in [6.07, 6.45) is 9.19. The number of carbonyl (C=O) groups excluding carboxylic acids is 2. The van der Waals surface area contributed by atoms with Crippen LogP contribution in [0.1, 0.15) is 44.9 Å². The Bertz CT molecular complexity index is 466. The molecule has 1 aliphatic carbocycles. The SMILES string of the molecule is O=C1CC(CC2CCCCC2)C(=O)N1c1nccs1. The minimum Gasteiger partial charge on any atom is -0.274 e. The normalized spacial score (nSPS) is 25.3. The van der Waals surface area contributed by atoms with Crippen molar-refractivity contribution < 1.29 is 9.59 Å². The van der Waals surface area contributed by atoms with Crippen LogP contribution < -0.4 is 4.90 Å². The Morgan fingerprint density at radius 1 is 1.26 bits per heavy atom. The fraction of sp³-hybridized carbons (Fsp3) is 0.643. The zero-order valence-corrected chi connectivity index (χ0v) is 11.7. The average molecular weight is 278 g/mol. The minimum absolute atomic E-state index is 0.0366. The van der Waals surface area contributed by atoms with Gasteiger partial charge in [0, 0.05) is 23.9 Å². The molecule has 0 aromatic carbocycles. The van der Waals surface area contributed by atoms with Crippen molar-refractivity contribution >= 4 is 28.3 Å². The molecule has 19 heavy (non-hydrogen) atoms. The number of nitrogens with zero attached hydrogens (tertiary/aromatic N) is 2. The van der Waals surface area contributed by atoms with Crippen molar-refractivity contribution in [2.45, 2.75) is 44.9 Å². The maximum atomic E-state index is 12.4. The van der Waals surface area contributed by atoms with Crippen molar-refractivity contribution in [2.75, 3.05) is 4.90 Å². The van der Waals surface area contributed by atoms with Crippen molar-refractivity contribution in [3.05, 3.63) is 11.6 Å². The topological polar surface area (TPSA) is 50.3 Å². The summed E-state index contributed by atoms with van der Waals surface area (Å²) >= 11 is 1.35. The first-order chi connectivity index (χ1) is 9.25. The third-order valence-corrected chi connectivity index (χ3v) is 4.95. The number of carbonyl (C=O) groups is 2. The summed E-state index contributed by atoms with van der Waals surface area (Å²) in [5.41, 5.74) is 0. The molecule has 0 bridgehead atoms. The fourth-order valence-corrected chi connectivity index (χ4v) is 3.89. The first kappa shape index (κ1) is 12.8. The molecular formula is C14H18N2O2S. The van der Waals surface area contributed by atoms with E-state index in [1.165, 1.54) is 48.3 Å². The summed E-state index contributed by atoms with van der Waals surface area (Å²) in [6.45, 7) is 0. The summed E-state index contributed by atoms with van der Waals surface area (Å²) < 4.78 is 0. The Hall–Kier alpha value is -1.23. The molecular weight excluding hydrogens is 260 g/mol. The lowest BCUT2D eigenvalue weighted by Crippen LogP contribution is -2.30. The largest absolute Gasteiger partial charge is 0.274 e. The van der Waals surface area contributed by atoms with Crippen LogP contribution in [-0.4, -0.2) is 16.8 Å². The van der Waals surface area contributed by atoms with E-state index in [1.54, 1.807) is 11.6 Å². The summed E-state index contributed by atoms with van der Waals surface area (Å²) in [5, 5.41) is 2.32. The average Bonchev–Trinajstić information content (AvgIpc) is 3.01. The summed E-state index contributed by atoms with van der Waals surface area (Å²) in [5.74, 6) is 0.400. The van der Waals surface area contributed by atoms with E-state index in [4.69, 9.17) is 0 Å². The number of hydrogen-bond donors (Lipinski definition) is 0. The maximum absolute atomic E-state index is 12.4.